The maximum Gasteiger partial charge on any atom is 0.313 e. The van der Waals surface area contributed by atoms with Gasteiger partial charge in [0.05, 0.1) is 5.69 Å². The van der Waals surface area contributed by atoms with Gasteiger partial charge in [-0.2, -0.15) is 0 Å². The molecule has 104 valence electrons. The molecule has 1 aromatic carbocycles. The van der Waals surface area contributed by atoms with Gasteiger partial charge in [0.1, 0.15) is 17.6 Å². The summed E-state index contributed by atoms with van der Waals surface area (Å²) >= 11 is 3.28. The van der Waals surface area contributed by atoms with Crippen LogP contribution in [0.5, 0.6) is 0 Å². The molecule has 0 saturated heterocycles. The molecule has 0 saturated carbocycles. The Kier molecular flexibility index (Phi) is 4.13. The molecule has 1 atom stereocenters. The van der Waals surface area contributed by atoms with E-state index < -0.39 is 17.7 Å². The van der Waals surface area contributed by atoms with Gasteiger partial charge in [-0.3, -0.25) is 4.79 Å². The van der Waals surface area contributed by atoms with Crippen LogP contribution in [-0.4, -0.2) is 21.0 Å². The molecule has 1 N–H and O–H groups in total. The van der Waals surface area contributed by atoms with Crippen LogP contribution < -0.4 is 0 Å². The number of hydrogen-bond donors (Lipinski definition) is 1. The predicted octanol–water partition coefficient (Wildman–Crippen LogP) is 3.54. The average Bonchev–Trinajstić information content (AvgIpc) is 2.39. The van der Waals surface area contributed by atoms with Crippen LogP contribution in [0, 0.1) is 12.7 Å². The van der Waals surface area contributed by atoms with E-state index in [1.807, 2.05) is 0 Å². The van der Waals surface area contributed by atoms with Gasteiger partial charge in [0.15, 0.2) is 0 Å². The number of halogens is 2. The van der Waals surface area contributed by atoms with Gasteiger partial charge < -0.3 is 5.11 Å². The van der Waals surface area contributed by atoms with Crippen LogP contribution in [0.15, 0.2) is 28.7 Å². The Balaban J connectivity index is 2.57. The number of carbonyl (C=O) groups is 1. The molecule has 1 heterocycles. The summed E-state index contributed by atoms with van der Waals surface area (Å²) in [5.41, 5.74) is 1.28. The topological polar surface area (TPSA) is 63.1 Å². The van der Waals surface area contributed by atoms with E-state index in [0.29, 0.717) is 17.0 Å². The largest absolute Gasteiger partial charge is 0.481 e. The number of aromatic nitrogens is 2. The second-order valence-corrected chi connectivity index (χ2v) is 5.35. The lowest BCUT2D eigenvalue weighted by Crippen LogP contribution is -2.12. The monoisotopic (exact) mass is 338 g/mol. The van der Waals surface area contributed by atoms with Crippen molar-refractivity contribution in [2.24, 2.45) is 0 Å². The van der Waals surface area contributed by atoms with Gasteiger partial charge in [-0.05, 0) is 38.1 Å². The summed E-state index contributed by atoms with van der Waals surface area (Å²) in [4.78, 5) is 19.3. The minimum absolute atomic E-state index is 0.173. The minimum Gasteiger partial charge on any atom is -0.481 e. The zero-order valence-corrected chi connectivity index (χ0v) is 12.5. The van der Waals surface area contributed by atoms with Gasteiger partial charge in [0.25, 0.3) is 0 Å². The summed E-state index contributed by atoms with van der Waals surface area (Å²) in [7, 11) is 0. The number of hydrogen-bond acceptors (Lipinski definition) is 3. The second-order valence-electron chi connectivity index (χ2n) is 4.44. The molecule has 0 spiro atoms. The third kappa shape index (κ3) is 3.01. The van der Waals surface area contributed by atoms with Crippen molar-refractivity contribution in [3.8, 4) is 11.3 Å². The van der Waals surface area contributed by atoms with Gasteiger partial charge in [-0.25, -0.2) is 14.4 Å². The fourth-order valence-corrected chi connectivity index (χ4v) is 2.09. The van der Waals surface area contributed by atoms with Crippen molar-refractivity contribution < 1.29 is 14.3 Å². The Morgan fingerprint density at radius 3 is 2.70 bits per heavy atom. The second kappa shape index (κ2) is 5.66. The summed E-state index contributed by atoms with van der Waals surface area (Å²) in [6.45, 7) is 3.22. The zero-order valence-electron chi connectivity index (χ0n) is 10.9. The van der Waals surface area contributed by atoms with Crippen molar-refractivity contribution in [3.05, 3.63) is 46.1 Å². The SMILES string of the molecule is Cc1cc(-c2cc(Br)ccc2F)nc(C(C)C(=O)O)n1. The Morgan fingerprint density at radius 2 is 2.05 bits per heavy atom. The smallest absolute Gasteiger partial charge is 0.313 e. The fourth-order valence-electron chi connectivity index (χ4n) is 1.73. The molecule has 6 heteroatoms. The maximum atomic E-state index is 13.9. The van der Waals surface area contributed by atoms with E-state index in [2.05, 4.69) is 25.9 Å². The lowest BCUT2D eigenvalue weighted by Gasteiger charge is -2.10. The van der Waals surface area contributed by atoms with E-state index in [4.69, 9.17) is 5.11 Å². The van der Waals surface area contributed by atoms with Crippen LogP contribution in [0.4, 0.5) is 4.39 Å². The number of benzene rings is 1. The Labute approximate surface area is 123 Å². The van der Waals surface area contributed by atoms with Crippen molar-refractivity contribution >= 4 is 21.9 Å². The molecular formula is C14H12BrFN2O2. The molecule has 2 aromatic rings. The van der Waals surface area contributed by atoms with E-state index in [1.54, 1.807) is 25.1 Å². The Morgan fingerprint density at radius 1 is 1.35 bits per heavy atom. The number of rotatable bonds is 3. The molecule has 0 aliphatic carbocycles. The standard InChI is InChI=1S/C14H12BrFN2O2/c1-7-5-12(10-6-9(15)3-4-11(10)16)18-13(17-7)8(2)14(19)20/h3-6,8H,1-2H3,(H,19,20). The summed E-state index contributed by atoms with van der Waals surface area (Å²) in [5, 5.41) is 9.02. The molecule has 0 bridgehead atoms. The Bertz CT molecular complexity index is 676. The Hall–Kier alpha value is -1.82. The molecule has 0 aliphatic rings. The van der Waals surface area contributed by atoms with Crippen molar-refractivity contribution in [1.29, 1.82) is 0 Å². The van der Waals surface area contributed by atoms with Gasteiger partial charge >= 0.3 is 5.97 Å². The van der Waals surface area contributed by atoms with Crippen molar-refractivity contribution in [2.75, 3.05) is 0 Å². The quantitative estimate of drug-likeness (QED) is 0.929. The van der Waals surface area contributed by atoms with Crippen LogP contribution in [0.2, 0.25) is 0 Å². The van der Waals surface area contributed by atoms with Gasteiger partial charge in [-0.1, -0.05) is 15.9 Å². The molecular weight excluding hydrogens is 327 g/mol. The molecule has 0 aliphatic heterocycles. The molecule has 1 aromatic heterocycles. The molecule has 1 unspecified atom stereocenters. The number of aryl methyl sites for hydroxylation is 1. The first-order valence-electron chi connectivity index (χ1n) is 5.92. The highest BCUT2D eigenvalue weighted by Gasteiger charge is 2.19. The van der Waals surface area contributed by atoms with Crippen molar-refractivity contribution in [3.63, 3.8) is 0 Å². The van der Waals surface area contributed by atoms with Crippen LogP contribution in [0.3, 0.4) is 0 Å². The highest BCUT2D eigenvalue weighted by molar-refractivity contribution is 9.10. The number of nitrogens with zero attached hydrogens (tertiary/aromatic N) is 2. The van der Waals surface area contributed by atoms with E-state index in [1.165, 1.54) is 13.0 Å². The summed E-state index contributed by atoms with van der Waals surface area (Å²) in [6, 6.07) is 6.15. The van der Waals surface area contributed by atoms with E-state index >= 15 is 0 Å². The van der Waals surface area contributed by atoms with E-state index in [0.717, 1.165) is 4.47 Å². The number of carboxylic acid groups (broad SMARTS) is 1. The number of carboxylic acids is 1. The third-order valence-electron chi connectivity index (χ3n) is 2.83. The zero-order chi connectivity index (χ0) is 14.9. The van der Waals surface area contributed by atoms with Crippen LogP contribution in [0.25, 0.3) is 11.3 Å². The normalized spacial score (nSPS) is 12.2. The molecule has 0 fully saturated rings. The maximum absolute atomic E-state index is 13.9. The molecule has 2 rings (SSSR count). The molecule has 0 amide bonds. The molecule has 20 heavy (non-hydrogen) atoms. The third-order valence-corrected chi connectivity index (χ3v) is 3.33. The molecule has 4 nitrogen and oxygen atoms in total. The first kappa shape index (κ1) is 14.6. The summed E-state index contributed by atoms with van der Waals surface area (Å²) in [5.74, 6) is -2.10. The fraction of sp³-hybridized carbons (Fsp3) is 0.214. The van der Waals surface area contributed by atoms with Gasteiger partial charge in [0, 0.05) is 15.7 Å². The van der Waals surface area contributed by atoms with Crippen LogP contribution in [0.1, 0.15) is 24.4 Å². The highest BCUT2D eigenvalue weighted by atomic mass is 79.9. The summed E-state index contributed by atoms with van der Waals surface area (Å²) < 4.78 is 14.6. The molecule has 0 radical (unpaired) electrons. The minimum atomic E-state index is -1.02. The van der Waals surface area contributed by atoms with Crippen molar-refractivity contribution in [2.45, 2.75) is 19.8 Å². The number of aliphatic carboxylic acids is 1. The average molecular weight is 339 g/mol. The van der Waals surface area contributed by atoms with Crippen LogP contribution in [-0.2, 0) is 4.79 Å². The first-order valence-corrected chi connectivity index (χ1v) is 6.71. The first-order chi connectivity index (χ1) is 9.38. The van der Waals surface area contributed by atoms with E-state index in [-0.39, 0.29) is 5.82 Å². The van der Waals surface area contributed by atoms with Gasteiger partial charge in [-0.15, -0.1) is 0 Å². The van der Waals surface area contributed by atoms with Crippen molar-refractivity contribution in [1.82, 2.24) is 9.97 Å². The lowest BCUT2D eigenvalue weighted by atomic mass is 10.1. The lowest BCUT2D eigenvalue weighted by molar-refractivity contribution is -0.138. The van der Waals surface area contributed by atoms with E-state index in [9.17, 15) is 9.18 Å². The predicted molar refractivity (Wildman–Crippen MR) is 75.9 cm³/mol. The van der Waals surface area contributed by atoms with Crippen LogP contribution >= 0.6 is 15.9 Å². The summed E-state index contributed by atoms with van der Waals surface area (Å²) in [6.07, 6.45) is 0. The highest BCUT2D eigenvalue weighted by Crippen LogP contribution is 2.26. The van der Waals surface area contributed by atoms with Gasteiger partial charge in [0.2, 0.25) is 0 Å².